The van der Waals surface area contributed by atoms with Gasteiger partial charge in [-0.05, 0) is 36.8 Å². The molecule has 0 aromatic heterocycles. The minimum atomic E-state index is -1.00. The Kier molecular flexibility index (Phi) is 6.49. The molecule has 2 heterocycles. The average Bonchev–Trinajstić information content (AvgIpc) is 2.83. The van der Waals surface area contributed by atoms with E-state index in [4.69, 9.17) is 4.74 Å². The van der Waals surface area contributed by atoms with Gasteiger partial charge in [0, 0.05) is 38.8 Å². The van der Waals surface area contributed by atoms with Crippen LogP contribution < -0.4 is 9.80 Å². The van der Waals surface area contributed by atoms with E-state index >= 15 is 0 Å². The zero-order chi connectivity index (χ0) is 24.6. The summed E-state index contributed by atoms with van der Waals surface area (Å²) in [6.45, 7) is 7.39. The lowest BCUT2D eigenvalue weighted by Crippen LogP contribution is -2.61. The molecule has 4 rings (SSSR count). The maximum absolute atomic E-state index is 14.0. The van der Waals surface area contributed by atoms with Crippen LogP contribution in [0.4, 0.5) is 11.4 Å². The number of morpholine rings is 1. The second-order valence-corrected chi connectivity index (χ2v) is 9.91. The zero-order valence-corrected chi connectivity index (χ0v) is 20.6. The van der Waals surface area contributed by atoms with Gasteiger partial charge in [0.05, 0.1) is 24.3 Å². The van der Waals surface area contributed by atoms with Gasteiger partial charge < -0.3 is 14.5 Å². The number of amides is 3. The standard InChI is InChI=1S/C27H33N3O4/c1-18-6-10-21(11-7-18)30-25(32)22(24(31)29-14-16-34-17-15-29)23(27(2,3)26(30)33)19-8-12-20(13-9-19)28(4)5/h6-13,22-23H,14-17H2,1-5H3/t22-,23-/m1/s1. The van der Waals surface area contributed by atoms with E-state index in [2.05, 4.69) is 0 Å². The first-order valence-corrected chi connectivity index (χ1v) is 11.7. The second kappa shape index (κ2) is 9.22. The Morgan fingerprint density at radius 1 is 0.971 bits per heavy atom. The molecule has 2 atom stereocenters. The highest BCUT2D eigenvalue weighted by atomic mass is 16.5. The number of carbonyl (C=O) groups excluding carboxylic acids is 3. The van der Waals surface area contributed by atoms with Gasteiger partial charge in [0.25, 0.3) is 0 Å². The van der Waals surface area contributed by atoms with Crippen LogP contribution in [0.5, 0.6) is 0 Å². The molecule has 2 aromatic carbocycles. The molecule has 0 N–H and O–H groups in total. The highest BCUT2D eigenvalue weighted by Crippen LogP contribution is 2.48. The smallest absolute Gasteiger partial charge is 0.247 e. The van der Waals surface area contributed by atoms with Crippen LogP contribution in [-0.2, 0) is 19.1 Å². The van der Waals surface area contributed by atoms with Gasteiger partial charge in [-0.25, -0.2) is 4.90 Å². The number of hydrogen-bond acceptors (Lipinski definition) is 5. The maximum atomic E-state index is 14.0. The van der Waals surface area contributed by atoms with Gasteiger partial charge in [-0.15, -0.1) is 0 Å². The van der Waals surface area contributed by atoms with Gasteiger partial charge in [0.15, 0.2) is 0 Å². The van der Waals surface area contributed by atoms with Crippen LogP contribution in [0, 0.1) is 18.3 Å². The largest absolute Gasteiger partial charge is 0.378 e. The number of hydrogen-bond donors (Lipinski definition) is 0. The van der Waals surface area contributed by atoms with Crippen molar-refractivity contribution >= 4 is 29.1 Å². The van der Waals surface area contributed by atoms with E-state index in [1.165, 1.54) is 4.90 Å². The number of rotatable bonds is 4. The summed E-state index contributed by atoms with van der Waals surface area (Å²) in [6.07, 6.45) is 0. The Labute approximate surface area is 201 Å². The summed E-state index contributed by atoms with van der Waals surface area (Å²) in [5.74, 6) is -2.59. The Morgan fingerprint density at radius 2 is 1.56 bits per heavy atom. The predicted octanol–water partition coefficient (Wildman–Crippen LogP) is 3.22. The second-order valence-electron chi connectivity index (χ2n) is 9.91. The number of carbonyl (C=O) groups is 3. The van der Waals surface area contributed by atoms with Crippen LogP contribution in [0.25, 0.3) is 0 Å². The van der Waals surface area contributed by atoms with Crippen molar-refractivity contribution in [1.82, 2.24) is 4.90 Å². The van der Waals surface area contributed by atoms with E-state index in [0.29, 0.717) is 32.0 Å². The summed E-state index contributed by atoms with van der Waals surface area (Å²) in [5, 5.41) is 0. The minimum absolute atomic E-state index is 0.243. The minimum Gasteiger partial charge on any atom is -0.378 e. The molecule has 2 aromatic rings. The molecular formula is C27H33N3O4. The topological polar surface area (TPSA) is 70.2 Å². The van der Waals surface area contributed by atoms with Crippen molar-refractivity contribution in [2.24, 2.45) is 11.3 Å². The van der Waals surface area contributed by atoms with Crippen molar-refractivity contribution in [3.8, 4) is 0 Å². The summed E-state index contributed by atoms with van der Waals surface area (Å²) >= 11 is 0. The van der Waals surface area contributed by atoms with Crippen LogP contribution >= 0.6 is 0 Å². The molecule has 180 valence electrons. The highest BCUT2D eigenvalue weighted by molar-refractivity contribution is 6.24. The SMILES string of the molecule is Cc1ccc(N2C(=O)[C@@H](C(=O)N3CCOCC3)[C@@H](c3ccc(N(C)C)cc3)C(C)(C)C2=O)cc1. The molecule has 2 aliphatic rings. The number of piperidine rings is 1. The van der Waals surface area contributed by atoms with Crippen molar-refractivity contribution in [3.63, 3.8) is 0 Å². The van der Waals surface area contributed by atoms with E-state index in [-0.39, 0.29) is 11.8 Å². The third kappa shape index (κ3) is 4.20. The Morgan fingerprint density at radius 3 is 2.12 bits per heavy atom. The van der Waals surface area contributed by atoms with Gasteiger partial charge in [-0.1, -0.05) is 43.7 Å². The molecular weight excluding hydrogens is 430 g/mol. The molecule has 0 aliphatic carbocycles. The van der Waals surface area contributed by atoms with Crippen molar-refractivity contribution in [3.05, 3.63) is 59.7 Å². The average molecular weight is 464 g/mol. The Hall–Kier alpha value is -3.19. The molecule has 0 bridgehead atoms. The van der Waals surface area contributed by atoms with Crippen molar-refractivity contribution in [1.29, 1.82) is 0 Å². The number of aryl methyl sites for hydroxylation is 1. The molecule has 0 saturated carbocycles. The fourth-order valence-corrected chi connectivity index (χ4v) is 4.98. The van der Waals surface area contributed by atoms with E-state index < -0.39 is 23.2 Å². The fraction of sp³-hybridized carbons (Fsp3) is 0.444. The lowest BCUT2D eigenvalue weighted by molar-refractivity contribution is -0.152. The lowest BCUT2D eigenvalue weighted by Gasteiger charge is -2.47. The molecule has 2 saturated heterocycles. The van der Waals surface area contributed by atoms with E-state index in [1.54, 1.807) is 17.0 Å². The summed E-state index contributed by atoms with van der Waals surface area (Å²) < 4.78 is 5.42. The maximum Gasteiger partial charge on any atom is 0.247 e. The number of anilines is 2. The molecule has 3 amide bonds. The van der Waals surface area contributed by atoms with Gasteiger partial charge in [-0.2, -0.15) is 0 Å². The molecule has 2 fully saturated rings. The quantitative estimate of drug-likeness (QED) is 0.514. The summed E-state index contributed by atoms with van der Waals surface area (Å²) in [4.78, 5) is 46.5. The van der Waals surface area contributed by atoms with Crippen molar-refractivity contribution < 1.29 is 19.1 Å². The molecule has 0 spiro atoms. The van der Waals surface area contributed by atoms with Crippen LogP contribution in [0.2, 0.25) is 0 Å². The van der Waals surface area contributed by atoms with Gasteiger partial charge in [0.1, 0.15) is 5.92 Å². The fourth-order valence-electron chi connectivity index (χ4n) is 4.98. The van der Waals surface area contributed by atoms with Crippen LogP contribution in [-0.4, -0.2) is 63.0 Å². The van der Waals surface area contributed by atoms with E-state index in [9.17, 15) is 14.4 Å². The number of ether oxygens (including phenoxy) is 1. The van der Waals surface area contributed by atoms with E-state index in [1.807, 2.05) is 76.2 Å². The van der Waals surface area contributed by atoms with Gasteiger partial charge >= 0.3 is 0 Å². The number of imide groups is 1. The molecule has 0 radical (unpaired) electrons. The zero-order valence-electron chi connectivity index (χ0n) is 20.6. The van der Waals surface area contributed by atoms with Gasteiger partial charge in [0.2, 0.25) is 17.7 Å². The van der Waals surface area contributed by atoms with Crippen molar-refractivity contribution in [2.75, 3.05) is 50.2 Å². The van der Waals surface area contributed by atoms with Gasteiger partial charge in [-0.3, -0.25) is 14.4 Å². The highest BCUT2D eigenvalue weighted by Gasteiger charge is 2.57. The molecule has 2 aliphatic heterocycles. The number of nitrogens with zero attached hydrogens (tertiary/aromatic N) is 3. The molecule has 0 unspecified atom stereocenters. The Balaban J connectivity index is 1.82. The third-order valence-electron chi connectivity index (χ3n) is 7.00. The van der Waals surface area contributed by atoms with Crippen LogP contribution in [0.1, 0.15) is 30.9 Å². The number of benzene rings is 2. The van der Waals surface area contributed by atoms with Crippen molar-refractivity contribution in [2.45, 2.75) is 26.7 Å². The first-order chi connectivity index (χ1) is 16.1. The molecule has 7 nitrogen and oxygen atoms in total. The summed E-state index contributed by atoms with van der Waals surface area (Å²) in [5.41, 5.74) is 2.36. The monoisotopic (exact) mass is 463 g/mol. The summed E-state index contributed by atoms with van der Waals surface area (Å²) in [6, 6.07) is 15.1. The Bertz CT molecular complexity index is 1070. The lowest BCUT2D eigenvalue weighted by atomic mass is 9.64. The van der Waals surface area contributed by atoms with Crippen LogP contribution in [0.15, 0.2) is 48.5 Å². The first kappa shape index (κ1) is 24.0. The third-order valence-corrected chi connectivity index (χ3v) is 7.00. The van der Waals surface area contributed by atoms with Crippen LogP contribution in [0.3, 0.4) is 0 Å². The first-order valence-electron chi connectivity index (χ1n) is 11.7. The normalized spacial score (nSPS) is 22.6. The molecule has 7 heteroatoms. The summed E-state index contributed by atoms with van der Waals surface area (Å²) in [7, 11) is 3.91. The predicted molar refractivity (Wildman–Crippen MR) is 132 cm³/mol. The van der Waals surface area contributed by atoms with E-state index in [0.717, 1.165) is 16.8 Å². The molecule has 34 heavy (non-hydrogen) atoms.